The highest BCUT2D eigenvalue weighted by Crippen LogP contribution is 2.26. The highest BCUT2D eigenvalue weighted by molar-refractivity contribution is 7.99. The first kappa shape index (κ1) is 16.9. The molecule has 0 saturated carbocycles. The summed E-state index contributed by atoms with van der Waals surface area (Å²) in [7, 11) is 0. The first-order valence-electron chi connectivity index (χ1n) is 8.81. The van der Waals surface area contributed by atoms with E-state index >= 15 is 0 Å². The number of rotatable bonds is 3. The first-order valence-corrected chi connectivity index (χ1v) is 9.97. The SMILES string of the molecule is Cc1ccc(-n2cc(C(=O)N3CCSCC3)c(-c3ccccc3)n2)cc1. The van der Waals surface area contributed by atoms with Crippen LogP contribution in [0.4, 0.5) is 0 Å². The summed E-state index contributed by atoms with van der Waals surface area (Å²) in [5.41, 5.74) is 4.54. The van der Waals surface area contributed by atoms with Gasteiger partial charge in [0.25, 0.3) is 5.91 Å². The molecule has 1 amide bonds. The number of carbonyl (C=O) groups is 1. The summed E-state index contributed by atoms with van der Waals surface area (Å²) in [6, 6.07) is 18.1. The third-order valence-electron chi connectivity index (χ3n) is 4.59. The lowest BCUT2D eigenvalue weighted by Gasteiger charge is -2.26. The lowest BCUT2D eigenvalue weighted by molar-refractivity contribution is 0.0773. The number of nitrogens with zero attached hydrogens (tertiary/aromatic N) is 3. The topological polar surface area (TPSA) is 38.1 Å². The minimum atomic E-state index is 0.0718. The zero-order valence-electron chi connectivity index (χ0n) is 14.8. The quantitative estimate of drug-likeness (QED) is 0.705. The van der Waals surface area contributed by atoms with Crippen molar-refractivity contribution in [2.24, 2.45) is 0 Å². The first-order chi connectivity index (χ1) is 12.7. The molecule has 1 fully saturated rings. The minimum Gasteiger partial charge on any atom is -0.337 e. The van der Waals surface area contributed by atoms with E-state index in [-0.39, 0.29) is 5.91 Å². The highest BCUT2D eigenvalue weighted by atomic mass is 32.2. The maximum Gasteiger partial charge on any atom is 0.257 e. The second kappa shape index (κ2) is 7.38. The van der Waals surface area contributed by atoms with Gasteiger partial charge in [0.2, 0.25) is 0 Å². The van der Waals surface area contributed by atoms with E-state index in [2.05, 4.69) is 19.1 Å². The van der Waals surface area contributed by atoms with Crippen LogP contribution in [-0.2, 0) is 0 Å². The molecule has 3 aromatic rings. The summed E-state index contributed by atoms with van der Waals surface area (Å²) in [5.74, 6) is 2.07. The van der Waals surface area contributed by atoms with Crippen LogP contribution in [0.2, 0.25) is 0 Å². The molecular weight excluding hydrogens is 342 g/mol. The van der Waals surface area contributed by atoms with E-state index in [9.17, 15) is 4.79 Å². The van der Waals surface area contributed by atoms with E-state index in [4.69, 9.17) is 5.10 Å². The molecule has 0 radical (unpaired) electrons. The van der Waals surface area contributed by atoms with E-state index in [0.29, 0.717) is 5.56 Å². The Morgan fingerprint density at radius 3 is 2.38 bits per heavy atom. The van der Waals surface area contributed by atoms with Crippen molar-refractivity contribution >= 4 is 17.7 Å². The van der Waals surface area contributed by atoms with Crippen LogP contribution < -0.4 is 0 Å². The average Bonchev–Trinajstić information content (AvgIpc) is 3.15. The Morgan fingerprint density at radius 1 is 1.00 bits per heavy atom. The molecule has 2 heterocycles. The van der Waals surface area contributed by atoms with Crippen molar-refractivity contribution in [3.8, 4) is 16.9 Å². The van der Waals surface area contributed by atoms with Gasteiger partial charge >= 0.3 is 0 Å². The van der Waals surface area contributed by atoms with E-state index in [0.717, 1.165) is 41.5 Å². The standard InChI is InChI=1S/C21H21N3OS/c1-16-7-9-18(10-8-16)24-15-19(21(25)23-11-13-26-14-12-23)20(22-24)17-5-3-2-4-6-17/h2-10,15H,11-14H2,1H3. The van der Waals surface area contributed by atoms with Gasteiger partial charge in [-0.2, -0.15) is 16.9 Å². The van der Waals surface area contributed by atoms with Gasteiger partial charge in [-0.1, -0.05) is 48.0 Å². The second-order valence-corrected chi connectivity index (χ2v) is 7.67. The molecule has 0 aliphatic carbocycles. The Hall–Kier alpha value is -2.53. The van der Waals surface area contributed by atoms with E-state index in [1.165, 1.54) is 5.56 Å². The lowest BCUT2D eigenvalue weighted by atomic mass is 10.1. The Labute approximate surface area is 157 Å². The summed E-state index contributed by atoms with van der Waals surface area (Å²) in [6.07, 6.45) is 1.87. The Kier molecular flexibility index (Phi) is 4.80. The summed E-state index contributed by atoms with van der Waals surface area (Å²) in [6.45, 7) is 3.66. The van der Waals surface area contributed by atoms with Crippen LogP contribution in [0.25, 0.3) is 16.9 Å². The van der Waals surface area contributed by atoms with Crippen LogP contribution in [0, 0.1) is 6.92 Å². The van der Waals surface area contributed by atoms with Crippen molar-refractivity contribution in [3.63, 3.8) is 0 Å². The number of carbonyl (C=O) groups excluding carboxylic acids is 1. The monoisotopic (exact) mass is 363 g/mol. The third kappa shape index (κ3) is 3.40. The van der Waals surface area contributed by atoms with Crippen molar-refractivity contribution in [3.05, 3.63) is 71.9 Å². The molecule has 0 spiro atoms. The van der Waals surface area contributed by atoms with Crippen LogP contribution >= 0.6 is 11.8 Å². The largest absolute Gasteiger partial charge is 0.337 e. The molecule has 2 aromatic carbocycles. The number of aromatic nitrogens is 2. The van der Waals surface area contributed by atoms with Gasteiger partial charge in [-0.15, -0.1) is 0 Å². The molecule has 0 atom stereocenters. The Bertz CT molecular complexity index is 897. The maximum atomic E-state index is 13.2. The summed E-state index contributed by atoms with van der Waals surface area (Å²) >= 11 is 1.90. The number of hydrogen-bond acceptors (Lipinski definition) is 3. The van der Waals surface area contributed by atoms with Crippen molar-refractivity contribution in [1.82, 2.24) is 14.7 Å². The lowest BCUT2D eigenvalue weighted by Crippen LogP contribution is -2.38. The normalized spacial score (nSPS) is 14.4. The van der Waals surface area contributed by atoms with Gasteiger partial charge in [0.15, 0.2) is 0 Å². The molecule has 4 rings (SSSR count). The van der Waals surface area contributed by atoms with Crippen molar-refractivity contribution in [2.75, 3.05) is 24.6 Å². The molecule has 132 valence electrons. The van der Waals surface area contributed by atoms with Crippen LogP contribution in [0.3, 0.4) is 0 Å². The summed E-state index contributed by atoms with van der Waals surface area (Å²) in [5, 5.41) is 4.76. The van der Waals surface area contributed by atoms with E-state index in [1.807, 2.05) is 70.0 Å². The number of aryl methyl sites for hydroxylation is 1. The number of amides is 1. The molecule has 1 aliphatic heterocycles. The van der Waals surface area contributed by atoms with Crippen LogP contribution in [0.5, 0.6) is 0 Å². The number of hydrogen-bond donors (Lipinski definition) is 0. The summed E-state index contributed by atoms with van der Waals surface area (Å²) < 4.78 is 1.81. The Balaban J connectivity index is 1.77. The maximum absolute atomic E-state index is 13.2. The molecule has 1 aliphatic rings. The van der Waals surface area contributed by atoms with Crippen LogP contribution in [-0.4, -0.2) is 45.2 Å². The molecular formula is C21H21N3OS. The van der Waals surface area contributed by atoms with Crippen molar-refractivity contribution in [2.45, 2.75) is 6.92 Å². The molecule has 1 aromatic heterocycles. The van der Waals surface area contributed by atoms with E-state index in [1.54, 1.807) is 0 Å². The zero-order valence-corrected chi connectivity index (χ0v) is 15.6. The van der Waals surface area contributed by atoms with Crippen molar-refractivity contribution in [1.29, 1.82) is 0 Å². The fourth-order valence-electron chi connectivity index (χ4n) is 3.11. The highest BCUT2D eigenvalue weighted by Gasteiger charge is 2.24. The second-order valence-electron chi connectivity index (χ2n) is 6.44. The molecule has 0 bridgehead atoms. The van der Waals surface area contributed by atoms with Gasteiger partial charge in [-0.25, -0.2) is 4.68 Å². The predicted octanol–water partition coefficient (Wildman–Crippen LogP) is 4.04. The molecule has 4 nitrogen and oxygen atoms in total. The molecule has 0 N–H and O–H groups in total. The van der Waals surface area contributed by atoms with E-state index < -0.39 is 0 Å². The number of benzene rings is 2. The predicted molar refractivity (Wildman–Crippen MR) is 107 cm³/mol. The van der Waals surface area contributed by atoms with Crippen LogP contribution in [0.15, 0.2) is 60.8 Å². The smallest absolute Gasteiger partial charge is 0.257 e. The summed E-state index contributed by atoms with van der Waals surface area (Å²) in [4.78, 5) is 15.1. The van der Waals surface area contributed by atoms with Gasteiger partial charge < -0.3 is 4.90 Å². The van der Waals surface area contributed by atoms with Gasteiger partial charge in [-0.3, -0.25) is 4.79 Å². The van der Waals surface area contributed by atoms with Crippen LogP contribution in [0.1, 0.15) is 15.9 Å². The zero-order chi connectivity index (χ0) is 17.9. The van der Waals surface area contributed by atoms with Gasteiger partial charge in [0.05, 0.1) is 11.3 Å². The average molecular weight is 363 g/mol. The Morgan fingerprint density at radius 2 is 1.69 bits per heavy atom. The fraction of sp³-hybridized carbons (Fsp3) is 0.238. The molecule has 26 heavy (non-hydrogen) atoms. The molecule has 1 saturated heterocycles. The van der Waals surface area contributed by atoms with Gasteiger partial charge in [0.1, 0.15) is 5.69 Å². The number of thioether (sulfide) groups is 1. The van der Waals surface area contributed by atoms with Gasteiger partial charge in [0, 0.05) is 36.4 Å². The minimum absolute atomic E-state index is 0.0718. The van der Waals surface area contributed by atoms with Gasteiger partial charge in [-0.05, 0) is 19.1 Å². The third-order valence-corrected chi connectivity index (χ3v) is 5.53. The molecule has 5 heteroatoms. The fourth-order valence-corrected chi connectivity index (χ4v) is 4.01. The molecule has 0 unspecified atom stereocenters. The van der Waals surface area contributed by atoms with Crippen molar-refractivity contribution < 1.29 is 4.79 Å².